The maximum absolute atomic E-state index is 12.1. The number of nitrogens with one attached hydrogen (secondary N) is 2. The van der Waals surface area contributed by atoms with Crippen molar-refractivity contribution in [2.45, 2.75) is 33.2 Å². The zero-order valence-electron chi connectivity index (χ0n) is 13.1. The van der Waals surface area contributed by atoms with Gasteiger partial charge in [0.25, 0.3) is 5.56 Å². The number of aromatic nitrogens is 5. The molecule has 23 heavy (non-hydrogen) atoms. The normalized spacial score (nSPS) is 10.9. The van der Waals surface area contributed by atoms with Crippen LogP contribution in [0.25, 0.3) is 11.2 Å². The van der Waals surface area contributed by atoms with E-state index in [4.69, 9.17) is 0 Å². The molecule has 0 radical (unpaired) electrons. The summed E-state index contributed by atoms with van der Waals surface area (Å²) in [7, 11) is 0. The predicted molar refractivity (Wildman–Crippen MR) is 88.3 cm³/mol. The summed E-state index contributed by atoms with van der Waals surface area (Å²) in [5.41, 5.74) is 3.80. The van der Waals surface area contributed by atoms with Gasteiger partial charge in [0.1, 0.15) is 11.3 Å². The topological polar surface area (TPSA) is 96.5 Å². The van der Waals surface area contributed by atoms with Crippen molar-refractivity contribution in [1.29, 1.82) is 0 Å². The third-order valence-corrected chi connectivity index (χ3v) is 3.75. The fourth-order valence-electron chi connectivity index (χ4n) is 2.59. The second-order valence-corrected chi connectivity index (χ2v) is 5.11. The number of hydrogen-bond acceptors (Lipinski definition) is 6. The van der Waals surface area contributed by atoms with E-state index in [1.54, 1.807) is 12.4 Å². The highest BCUT2D eigenvalue weighted by molar-refractivity contribution is 5.71. The van der Waals surface area contributed by atoms with Gasteiger partial charge < -0.3 is 5.32 Å². The van der Waals surface area contributed by atoms with Gasteiger partial charge in [-0.05, 0) is 30.5 Å². The molecular weight excluding hydrogens is 292 g/mol. The van der Waals surface area contributed by atoms with Gasteiger partial charge >= 0.3 is 0 Å². The van der Waals surface area contributed by atoms with Crippen molar-refractivity contribution in [1.82, 2.24) is 25.1 Å². The van der Waals surface area contributed by atoms with Crippen molar-refractivity contribution in [3.63, 3.8) is 0 Å². The Morgan fingerprint density at radius 3 is 2.70 bits per heavy atom. The summed E-state index contributed by atoms with van der Waals surface area (Å²) >= 11 is 0. The van der Waals surface area contributed by atoms with Crippen LogP contribution in [0.3, 0.4) is 0 Å². The zero-order valence-corrected chi connectivity index (χ0v) is 13.1. The molecule has 0 amide bonds. The number of aromatic amines is 1. The van der Waals surface area contributed by atoms with Gasteiger partial charge in [0, 0.05) is 24.5 Å². The van der Waals surface area contributed by atoms with Crippen LogP contribution in [-0.4, -0.2) is 25.1 Å². The molecule has 0 saturated heterocycles. The number of anilines is 1. The summed E-state index contributed by atoms with van der Waals surface area (Å²) in [5.74, 6) is 0.661. The molecule has 0 unspecified atom stereocenters. The lowest BCUT2D eigenvalue weighted by molar-refractivity contribution is 0.826. The smallest absolute Gasteiger partial charge is 0.269 e. The van der Waals surface area contributed by atoms with E-state index in [-0.39, 0.29) is 5.56 Å². The first-order chi connectivity index (χ1) is 11.2. The average Bonchev–Trinajstić information content (AvgIpc) is 2.60. The molecule has 0 bridgehead atoms. The highest BCUT2D eigenvalue weighted by Gasteiger charge is 2.12. The Morgan fingerprint density at radius 1 is 1.09 bits per heavy atom. The van der Waals surface area contributed by atoms with Crippen molar-refractivity contribution in [2.24, 2.45) is 0 Å². The minimum Gasteiger partial charge on any atom is -0.366 e. The highest BCUT2D eigenvalue weighted by atomic mass is 16.1. The number of rotatable bonds is 5. The summed E-state index contributed by atoms with van der Waals surface area (Å²) in [4.78, 5) is 24.9. The Hall–Kier alpha value is -2.83. The molecule has 0 aliphatic rings. The highest BCUT2D eigenvalue weighted by Crippen LogP contribution is 2.14. The lowest BCUT2D eigenvalue weighted by atomic mass is 10.0. The summed E-state index contributed by atoms with van der Waals surface area (Å²) in [6, 6.07) is 3.69. The van der Waals surface area contributed by atoms with Gasteiger partial charge in [-0.1, -0.05) is 13.8 Å². The van der Waals surface area contributed by atoms with Crippen LogP contribution in [0.5, 0.6) is 0 Å². The van der Waals surface area contributed by atoms with E-state index in [1.807, 2.05) is 26.0 Å². The monoisotopic (exact) mass is 310 g/mol. The largest absolute Gasteiger partial charge is 0.366 e. The van der Waals surface area contributed by atoms with E-state index < -0.39 is 0 Å². The van der Waals surface area contributed by atoms with E-state index in [1.165, 1.54) is 0 Å². The number of H-pyrrole nitrogens is 1. The third-order valence-electron chi connectivity index (χ3n) is 3.75. The standard InChI is InChI=1S/C16H18N6O/c1-3-10-11(16(23)22-21-12(10)4-2)9-19-14-6-5-13-15(20-14)18-8-7-17-13/h5-8H,3-4,9H2,1-2H3,(H,22,23)(H,18,19,20). The van der Waals surface area contributed by atoms with Gasteiger partial charge in [-0.3, -0.25) is 9.78 Å². The summed E-state index contributed by atoms with van der Waals surface area (Å²) in [5, 5.41) is 9.89. The van der Waals surface area contributed by atoms with E-state index in [9.17, 15) is 4.79 Å². The van der Waals surface area contributed by atoms with Gasteiger partial charge in [0.2, 0.25) is 0 Å². The molecule has 3 rings (SSSR count). The van der Waals surface area contributed by atoms with Crippen LogP contribution >= 0.6 is 0 Å². The fourth-order valence-corrected chi connectivity index (χ4v) is 2.59. The summed E-state index contributed by atoms with van der Waals surface area (Å²) in [6.07, 6.45) is 4.80. The van der Waals surface area contributed by atoms with Crippen LogP contribution in [0.15, 0.2) is 29.3 Å². The molecule has 118 valence electrons. The molecular formula is C16H18N6O. The predicted octanol–water partition coefficient (Wildman–Crippen LogP) is 1.84. The number of aryl methyl sites for hydroxylation is 1. The molecule has 0 saturated carbocycles. The maximum atomic E-state index is 12.1. The van der Waals surface area contributed by atoms with Crippen molar-refractivity contribution >= 4 is 17.0 Å². The number of fused-ring (bicyclic) bond motifs is 1. The third kappa shape index (κ3) is 3.03. The Labute approximate surface area is 133 Å². The lowest BCUT2D eigenvalue weighted by Crippen LogP contribution is -2.22. The van der Waals surface area contributed by atoms with E-state index >= 15 is 0 Å². The Morgan fingerprint density at radius 2 is 1.91 bits per heavy atom. The SMILES string of the molecule is CCc1n[nH]c(=O)c(CNc2ccc3nccnc3n2)c1CC. The minimum atomic E-state index is -0.160. The number of nitrogens with zero attached hydrogens (tertiary/aromatic N) is 4. The molecule has 7 heteroatoms. The minimum absolute atomic E-state index is 0.160. The molecule has 3 aromatic heterocycles. The van der Waals surface area contributed by atoms with Crippen LogP contribution in [0.4, 0.5) is 5.82 Å². The van der Waals surface area contributed by atoms with E-state index in [0.717, 1.165) is 29.6 Å². The molecule has 0 aliphatic heterocycles. The van der Waals surface area contributed by atoms with Crippen molar-refractivity contribution in [2.75, 3.05) is 5.32 Å². The van der Waals surface area contributed by atoms with Crippen molar-refractivity contribution < 1.29 is 0 Å². The molecule has 7 nitrogen and oxygen atoms in total. The van der Waals surface area contributed by atoms with Crippen molar-refractivity contribution in [3.8, 4) is 0 Å². The van der Waals surface area contributed by atoms with Crippen LogP contribution < -0.4 is 10.9 Å². The first-order valence-corrected chi connectivity index (χ1v) is 7.63. The molecule has 0 spiro atoms. The molecule has 2 N–H and O–H groups in total. The van der Waals surface area contributed by atoms with Gasteiger partial charge in [-0.2, -0.15) is 5.10 Å². The molecule has 3 heterocycles. The Balaban J connectivity index is 1.88. The Kier molecular flexibility index (Phi) is 4.27. The van der Waals surface area contributed by atoms with E-state index in [0.29, 0.717) is 23.6 Å². The van der Waals surface area contributed by atoms with Crippen molar-refractivity contribution in [3.05, 3.63) is 51.7 Å². The van der Waals surface area contributed by atoms with Gasteiger partial charge in [-0.25, -0.2) is 15.1 Å². The molecule has 0 aliphatic carbocycles. The van der Waals surface area contributed by atoms with Crippen LogP contribution in [-0.2, 0) is 19.4 Å². The van der Waals surface area contributed by atoms with Crippen LogP contribution in [0.1, 0.15) is 30.7 Å². The lowest BCUT2D eigenvalue weighted by Gasteiger charge is -2.11. The van der Waals surface area contributed by atoms with Crippen LogP contribution in [0, 0.1) is 0 Å². The summed E-state index contributed by atoms with van der Waals surface area (Å²) in [6.45, 7) is 4.45. The van der Waals surface area contributed by atoms with Gasteiger partial charge in [0.15, 0.2) is 5.65 Å². The van der Waals surface area contributed by atoms with Gasteiger partial charge in [0.05, 0.1) is 5.69 Å². The molecule has 0 fully saturated rings. The molecule has 3 aromatic rings. The first-order valence-electron chi connectivity index (χ1n) is 7.63. The quantitative estimate of drug-likeness (QED) is 0.746. The van der Waals surface area contributed by atoms with Crippen LogP contribution in [0.2, 0.25) is 0 Å². The average molecular weight is 310 g/mol. The molecule has 0 atom stereocenters. The zero-order chi connectivity index (χ0) is 16.2. The Bertz CT molecular complexity index is 889. The van der Waals surface area contributed by atoms with E-state index in [2.05, 4.69) is 30.5 Å². The molecule has 0 aromatic carbocycles. The second-order valence-electron chi connectivity index (χ2n) is 5.11. The second kappa shape index (κ2) is 6.51. The first kappa shape index (κ1) is 15.1. The number of pyridine rings is 1. The summed E-state index contributed by atoms with van der Waals surface area (Å²) < 4.78 is 0. The fraction of sp³-hybridized carbons (Fsp3) is 0.312. The number of hydrogen-bond donors (Lipinski definition) is 2. The van der Waals surface area contributed by atoms with Gasteiger partial charge in [-0.15, -0.1) is 0 Å². The maximum Gasteiger partial charge on any atom is 0.269 e.